The molecule has 0 aromatic carbocycles. The molecule has 1 aliphatic carbocycles. The van der Waals surface area contributed by atoms with Crippen LogP contribution in [0.2, 0.25) is 0 Å². The highest BCUT2D eigenvalue weighted by molar-refractivity contribution is 4.75. The van der Waals surface area contributed by atoms with E-state index in [1.165, 1.54) is 0 Å². The molecule has 1 N–H and O–H groups in total. The van der Waals surface area contributed by atoms with Crippen LogP contribution in [0.1, 0.15) is 38.5 Å². The second kappa shape index (κ2) is 5.08. The van der Waals surface area contributed by atoms with Crippen molar-refractivity contribution in [2.45, 2.75) is 56.9 Å². The number of halogens is 1. The average molecular weight is 201 g/mol. The molecule has 0 spiro atoms. The zero-order valence-corrected chi connectivity index (χ0v) is 8.68. The number of piperidine rings is 1. The highest BCUT2D eigenvalue weighted by Crippen LogP contribution is 2.25. The third-order valence-electron chi connectivity index (χ3n) is 3.27. The Balaban J connectivity index is 1.68. The molecule has 14 heavy (non-hydrogen) atoms. The van der Waals surface area contributed by atoms with Crippen molar-refractivity contribution in [1.29, 1.82) is 0 Å². The lowest BCUT2D eigenvalue weighted by Crippen LogP contribution is -2.36. The minimum atomic E-state index is -0.567. The third kappa shape index (κ3) is 2.92. The molecule has 0 atom stereocenters. The van der Waals surface area contributed by atoms with Crippen LogP contribution in [0.15, 0.2) is 0 Å². The van der Waals surface area contributed by atoms with Gasteiger partial charge in [-0.05, 0) is 51.6 Å². The minimum absolute atomic E-state index is 0.338. The summed E-state index contributed by atoms with van der Waals surface area (Å²) in [4.78, 5) is 0. The molecule has 0 aromatic rings. The molecule has 2 aliphatic rings. The Kier molecular flexibility index (Phi) is 3.76. The molecular weight excluding hydrogens is 181 g/mol. The lowest BCUT2D eigenvalue weighted by Gasteiger charge is -2.31. The molecule has 0 amide bonds. The van der Waals surface area contributed by atoms with Crippen molar-refractivity contribution in [2.75, 3.05) is 13.1 Å². The summed E-state index contributed by atoms with van der Waals surface area (Å²) in [6.45, 7) is 2.15. The highest BCUT2D eigenvalue weighted by Gasteiger charge is 2.24. The van der Waals surface area contributed by atoms with Crippen molar-refractivity contribution in [2.24, 2.45) is 0 Å². The summed E-state index contributed by atoms with van der Waals surface area (Å²) in [5.74, 6) is 0. The van der Waals surface area contributed by atoms with Crippen LogP contribution < -0.4 is 5.32 Å². The second-order valence-electron chi connectivity index (χ2n) is 4.46. The number of ether oxygens (including phenoxy) is 1. The zero-order chi connectivity index (χ0) is 9.80. The van der Waals surface area contributed by atoms with Crippen LogP contribution in [-0.2, 0) is 4.74 Å². The maximum Gasteiger partial charge on any atom is 0.100 e. The number of alkyl halides is 1. The molecule has 0 bridgehead atoms. The standard InChI is InChI=1S/C11H20FNO/c12-9-1-3-10(4-2-9)14-11-5-7-13-8-6-11/h9-11,13H,1-8H2. The lowest BCUT2D eigenvalue weighted by molar-refractivity contribution is -0.0501. The first kappa shape index (κ1) is 10.4. The van der Waals surface area contributed by atoms with Crippen LogP contribution in [0.4, 0.5) is 4.39 Å². The summed E-state index contributed by atoms with van der Waals surface area (Å²) in [5.41, 5.74) is 0. The van der Waals surface area contributed by atoms with Crippen molar-refractivity contribution in [3.05, 3.63) is 0 Å². The number of hydrogen-bond acceptors (Lipinski definition) is 2. The molecule has 2 rings (SSSR count). The molecule has 2 nitrogen and oxygen atoms in total. The predicted octanol–water partition coefficient (Wildman–Crippen LogP) is 2.04. The fraction of sp³-hybridized carbons (Fsp3) is 1.00. The fourth-order valence-corrected chi connectivity index (χ4v) is 2.36. The van der Waals surface area contributed by atoms with E-state index in [4.69, 9.17) is 4.74 Å². The average Bonchev–Trinajstić information content (AvgIpc) is 2.23. The van der Waals surface area contributed by atoms with Crippen LogP contribution in [0.3, 0.4) is 0 Å². The van der Waals surface area contributed by atoms with Crippen LogP contribution in [-0.4, -0.2) is 31.5 Å². The van der Waals surface area contributed by atoms with E-state index in [2.05, 4.69) is 5.32 Å². The first-order chi connectivity index (χ1) is 6.84. The molecule has 3 heteroatoms. The van der Waals surface area contributed by atoms with E-state index in [9.17, 15) is 4.39 Å². The SMILES string of the molecule is FC1CCC(OC2CCNCC2)CC1. The smallest absolute Gasteiger partial charge is 0.100 e. The fourth-order valence-electron chi connectivity index (χ4n) is 2.36. The summed E-state index contributed by atoms with van der Waals surface area (Å²) in [5, 5.41) is 3.32. The van der Waals surface area contributed by atoms with Gasteiger partial charge < -0.3 is 10.1 Å². The zero-order valence-electron chi connectivity index (χ0n) is 8.68. The van der Waals surface area contributed by atoms with Gasteiger partial charge >= 0.3 is 0 Å². The first-order valence-corrected chi connectivity index (χ1v) is 5.85. The van der Waals surface area contributed by atoms with Crippen molar-refractivity contribution in [1.82, 2.24) is 5.32 Å². The third-order valence-corrected chi connectivity index (χ3v) is 3.27. The van der Waals surface area contributed by atoms with Gasteiger partial charge in [-0.15, -0.1) is 0 Å². The maximum atomic E-state index is 12.9. The van der Waals surface area contributed by atoms with Crippen LogP contribution in [0, 0.1) is 0 Å². The van der Waals surface area contributed by atoms with Gasteiger partial charge in [0.15, 0.2) is 0 Å². The Hall–Kier alpha value is -0.150. The van der Waals surface area contributed by atoms with E-state index in [0.29, 0.717) is 25.0 Å². The van der Waals surface area contributed by atoms with Gasteiger partial charge in [0.05, 0.1) is 12.2 Å². The summed E-state index contributed by atoms with van der Waals surface area (Å²) in [7, 11) is 0. The molecule has 0 radical (unpaired) electrons. The molecular formula is C11H20FNO. The Morgan fingerprint density at radius 1 is 0.857 bits per heavy atom. The van der Waals surface area contributed by atoms with E-state index in [1.54, 1.807) is 0 Å². The van der Waals surface area contributed by atoms with E-state index in [1.807, 2.05) is 0 Å². The van der Waals surface area contributed by atoms with Gasteiger partial charge in [-0.3, -0.25) is 0 Å². The summed E-state index contributed by atoms with van der Waals surface area (Å²) in [6.07, 6.45) is 5.69. The largest absolute Gasteiger partial charge is 0.375 e. The van der Waals surface area contributed by atoms with Gasteiger partial charge in [0.1, 0.15) is 6.17 Å². The van der Waals surface area contributed by atoms with E-state index in [0.717, 1.165) is 38.8 Å². The van der Waals surface area contributed by atoms with Crippen molar-refractivity contribution in [3.63, 3.8) is 0 Å². The minimum Gasteiger partial charge on any atom is -0.375 e. The quantitative estimate of drug-likeness (QED) is 0.738. The first-order valence-electron chi connectivity index (χ1n) is 5.85. The van der Waals surface area contributed by atoms with Gasteiger partial charge in [0.25, 0.3) is 0 Å². The molecule has 0 aromatic heterocycles. The predicted molar refractivity (Wildman–Crippen MR) is 54.1 cm³/mol. The van der Waals surface area contributed by atoms with E-state index in [-0.39, 0.29) is 0 Å². The number of hydrogen-bond donors (Lipinski definition) is 1. The Morgan fingerprint density at radius 3 is 2.07 bits per heavy atom. The highest BCUT2D eigenvalue weighted by atomic mass is 19.1. The van der Waals surface area contributed by atoms with Gasteiger partial charge in [-0.25, -0.2) is 4.39 Å². The number of nitrogens with one attached hydrogen (secondary N) is 1. The topological polar surface area (TPSA) is 21.3 Å². The van der Waals surface area contributed by atoms with E-state index < -0.39 is 6.17 Å². The molecule has 1 heterocycles. The second-order valence-corrected chi connectivity index (χ2v) is 4.46. The molecule has 1 aliphatic heterocycles. The molecule has 82 valence electrons. The number of rotatable bonds is 2. The monoisotopic (exact) mass is 201 g/mol. The molecule has 0 unspecified atom stereocenters. The van der Waals surface area contributed by atoms with Gasteiger partial charge in [-0.2, -0.15) is 0 Å². The normalized spacial score (nSPS) is 35.8. The van der Waals surface area contributed by atoms with Gasteiger partial charge in [-0.1, -0.05) is 0 Å². The van der Waals surface area contributed by atoms with Crippen molar-refractivity contribution >= 4 is 0 Å². The summed E-state index contributed by atoms with van der Waals surface area (Å²) in [6, 6.07) is 0. The van der Waals surface area contributed by atoms with Crippen LogP contribution >= 0.6 is 0 Å². The Bertz CT molecular complexity index is 163. The van der Waals surface area contributed by atoms with Gasteiger partial charge in [0, 0.05) is 0 Å². The van der Waals surface area contributed by atoms with Crippen molar-refractivity contribution in [3.8, 4) is 0 Å². The van der Waals surface area contributed by atoms with Crippen molar-refractivity contribution < 1.29 is 9.13 Å². The summed E-state index contributed by atoms with van der Waals surface area (Å²) < 4.78 is 18.8. The lowest BCUT2D eigenvalue weighted by atomic mass is 9.95. The molecule has 1 saturated carbocycles. The molecule has 1 saturated heterocycles. The Morgan fingerprint density at radius 2 is 1.43 bits per heavy atom. The van der Waals surface area contributed by atoms with Crippen LogP contribution in [0.5, 0.6) is 0 Å². The van der Waals surface area contributed by atoms with Gasteiger partial charge in [0.2, 0.25) is 0 Å². The molecule has 2 fully saturated rings. The summed E-state index contributed by atoms with van der Waals surface area (Å²) >= 11 is 0. The Labute approximate surface area is 85.2 Å². The van der Waals surface area contributed by atoms with Crippen LogP contribution in [0.25, 0.3) is 0 Å². The maximum absolute atomic E-state index is 12.9. The van der Waals surface area contributed by atoms with E-state index >= 15 is 0 Å².